The molecule has 0 aliphatic carbocycles. The van der Waals surface area contributed by atoms with Gasteiger partial charge in [0.2, 0.25) is 0 Å². The van der Waals surface area contributed by atoms with Crippen LogP contribution in [-0.4, -0.2) is 37.0 Å². The Balaban J connectivity index is 1.58. The number of fused-ring (bicyclic) bond motifs is 1. The summed E-state index contributed by atoms with van der Waals surface area (Å²) in [4.78, 5) is 19.1. The second kappa shape index (κ2) is 6.48. The number of hydrogen-bond acceptors (Lipinski definition) is 4. The zero-order valence-electron chi connectivity index (χ0n) is 14.0. The summed E-state index contributed by atoms with van der Waals surface area (Å²) in [7, 11) is 0. The minimum absolute atomic E-state index is 0.108. The molecule has 1 saturated heterocycles. The first-order valence-corrected chi connectivity index (χ1v) is 9.39. The van der Waals surface area contributed by atoms with Gasteiger partial charge in [-0.2, -0.15) is 0 Å². The molecular formula is C19H22N2O2S. The number of amides is 1. The van der Waals surface area contributed by atoms with Crippen LogP contribution in [0.15, 0.2) is 30.3 Å². The Hall–Kier alpha value is -2.01. The van der Waals surface area contributed by atoms with Gasteiger partial charge in [0.15, 0.2) is 0 Å². The average molecular weight is 342 g/mol. The highest BCUT2D eigenvalue weighted by Crippen LogP contribution is 2.30. The number of aryl methyl sites for hydroxylation is 1. The Morgan fingerprint density at radius 1 is 1.12 bits per heavy atom. The fraction of sp³-hybridized carbons (Fsp3) is 0.421. The number of thiophene rings is 1. The van der Waals surface area contributed by atoms with E-state index in [1.807, 2.05) is 24.0 Å². The van der Waals surface area contributed by atoms with E-state index < -0.39 is 0 Å². The lowest BCUT2D eigenvalue weighted by Crippen LogP contribution is -2.32. The Bertz CT molecular complexity index is 750. The van der Waals surface area contributed by atoms with E-state index in [-0.39, 0.29) is 5.91 Å². The molecule has 0 spiro atoms. The van der Waals surface area contributed by atoms with E-state index in [1.54, 1.807) is 11.3 Å². The predicted molar refractivity (Wildman–Crippen MR) is 97.2 cm³/mol. The molecule has 4 nitrogen and oxygen atoms in total. The minimum atomic E-state index is 0.108. The molecule has 3 heterocycles. The normalized spacial score (nSPS) is 17.4. The van der Waals surface area contributed by atoms with Gasteiger partial charge in [-0.05, 0) is 50.1 Å². The van der Waals surface area contributed by atoms with Crippen molar-refractivity contribution in [3.05, 3.63) is 45.6 Å². The summed E-state index contributed by atoms with van der Waals surface area (Å²) in [5.41, 5.74) is 2.36. The molecule has 5 heteroatoms. The van der Waals surface area contributed by atoms with Gasteiger partial charge in [0, 0.05) is 35.8 Å². The molecule has 1 fully saturated rings. The molecule has 0 saturated carbocycles. The first-order chi connectivity index (χ1) is 11.7. The molecule has 0 atom stereocenters. The molecule has 2 aliphatic heterocycles. The molecule has 4 rings (SSSR count). The predicted octanol–water partition coefficient (Wildman–Crippen LogP) is 3.69. The lowest BCUT2D eigenvalue weighted by molar-refractivity contribution is 0.0738. The van der Waals surface area contributed by atoms with Crippen LogP contribution in [0.2, 0.25) is 0 Å². The summed E-state index contributed by atoms with van der Waals surface area (Å²) < 4.78 is 5.88. The number of carbonyl (C=O) groups excluding carboxylic acids is 1. The lowest BCUT2D eigenvalue weighted by atomic mass is 10.1. The Morgan fingerprint density at radius 3 is 2.71 bits per heavy atom. The van der Waals surface area contributed by atoms with E-state index in [0.29, 0.717) is 19.7 Å². The molecule has 0 bridgehead atoms. The fourth-order valence-electron chi connectivity index (χ4n) is 3.43. The van der Waals surface area contributed by atoms with E-state index in [4.69, 9.17) is 4.74 Å². The minimum Gasteiger partial charge on any atom is -0.491 e. The van der Waals surface area contributed by atoms with Crippen molar-refractivity contribution in [2.45, 2.75) is 26.3 Å². The molecule has 1 aromatic heterocycles. The molecule has 24 heavy (non-hydrogen) atoms. The van der Waals surface area contributed by atoms with Crippen molar-refractivity contribution in [3.63, 3.8) is 0 Å². The van der Waals surface area contributed by atoms with Crippen LogP contribution in [0.25, 0.3) is 0 Å². The second-order valence-electron chi connectivity index (χ2n) is 6.47. The third kappa shape index (κ3) is 3.00. The summed E-state index contributed by atoms with van der Waals surface area (Å²) in [5, 5.41) is 0. The lowest BCUT2D eigenvalue weighted by Gasteiger charge is -2.21. The number of rotatable bonds is 2. The van der Waals surface area contributed by atoms with Crippen LogP contribution in [0, 0.1) is 6.92 Å². The van der Waals surface area contributed by atoms with Crippen molar-refractivity contribution in [2.75, 3.05) is 31.1 Å². The number of hydrogen-bond donors (Lipinski definition) is 0. The van der Waals surface area contributed by atoms with E-state index >= 15 is 0 Å². The van der Waals surface area contributed by atoms with Crippen LogP contribution in [0.4, 0.5) is 5.69 Å². The third-order valence-electron chi connectivity index (χ3n) is 4.73. The maximum Gasteiger partial charge on any atom is 0.264 e. The van der Waals surface area contributed by atoms with Crippen molar-refractivity contribution in [2.24, 2.45) is 0 Å². The van der Waals surface area contributed by atoms with Gasteiger partial charge >= 0.3 is 0 Å². The highest BCUT2D eigenvalue weighted by molar-refractivity contribution is 7.13. The molecule has 0 N–H and O–H groups in total. The summed E-state index contributed by atoms with van der Waals surface area (Å²) >= 11 is 1.56. The molecule has 0 unspecified atom stereocenters. The molecular weight excluding hydrogens is 320 g/mol. The first kappa shape index (κ1) is 15.5. The highest BCUT2D eigenvalue weighted by atomic mass is 32.1. The largest absolute Gasteiger partial charge is 0.491 e. The Morgan fingerprint density at radius 2 is 1.96 bits per heavy atom. The van der Waals surface area contributed by atoms with Gasteiger partial charge in [-0.1, -0.05) is 0 Å². The second-order valence-corrected chi connectivity index (χ2v) is 7.76. The Kier molecular flexibility index (Phi) is 4.19. The number of ether oxygens (including phenoxy) is 1. The molecule has 2 aliphatic rings. The van der Waals surface area contributed by atoms with Gasteiger partial charge in [-0.25, -0.2) is 0 Å². The van der Waals surface area contributed by atoms with Crippen LogP contribution >= 0.6 is 11.3 Å². The van der Waals surface area contributed by atoms with Gasteiger partial charge in [0.1, 0.15) is 12.4 Å². The smallest absolute Gasteiger partial charge is 0.264 e. The highest BCUT2D eigenvalue weighted by Gasteiger charge is 2.23. The fourth-order valence-corrected chi connectivity index (χ4v) is 4.27. The van der Waals surface area contributed by atoms with Gasteiger partial charge in [0.25, 0.3) is 5.91 Å². The van der Waals surface area contributed by atoms with Gasteiger partial charge in [0.05, 0.1) is 11.4 Å². The topological polar surface area (TPSA) is 32.8 Å². The van der Waals surface area contributed by atoms with Gasteiger partial charge < -0.3 is 14.5 Å². The van der Waals surface area contributed by atoms with Crippen molar-refractivity contribution >= 4 is 22.9 Å². The molecule has 1 aromatic carbocycles. The first-order valence-electron chi connectivity index (χ1n) is 8.57. The number of carbonyl (C=O) groups is 1. The number of anilines is 1. The quantitative estimate of drug-likeness (QED) is 0.834. The number of nitrogens with zero attached hydrogens (tertiary/aromatic N) is 2. The Labute approximate surface area is 146 Å². The summed E-state index contributed by atoms with van der Waals surface area (Å²) in [6.45, 7) is 6.07. The van der Waals surface area contributed by atoms with Crippen LogP contribution in [0.3, 0.4) is 0 Å². The maximum absolute atomic E-state index is 12.8. The molecule has 126 valence electrons. The number of benzene rings is 1. The van der Waals surface area contributed by atoms with Crippen molar-refractivity contribution in [1.82, 2.24) is 4.90 Å². The van der Waals surface area contributed by atoms with Crippen molar-refractivity contribution in [3.8, 4) is 5.75 Å². The summed E-state index contributed by atoms with van der Waals surface area (Å²) in [6, 6.07) is 10.3. The molecule has 2 aromatic rings. The SMILES string of the molecule is Cc1ccc(C(=O)N2CCOc3ccc(N4CCCC4)cc3C2)s1. The van der Waals surface area contributed by atoms with Crippen LogP contribution in [0.5, 0.6) is 5.75 Å². The zero-order valence-corrected chi connectivity index (χ0v) is 14.8. The van der Waals surface area contributed by atoms with Gasteiger partial charge in [-0.15, -0.1) is 11.3 Å². The van der Waals surface area contributed by atoms with Crippen molar-refractivity contribution in [1.29, 1.82) is 0 Å². The zero-order chi connectivity index (χ0) is 16.5. The monoisotopic (exact) mass is 342 g/mol. The third-order valence-corrected chi connectivity index (χ3v) is 5.72. The van der Waals surface area contributed by atoms with E-state index in [9.17, 15) is 4.79 Å². The summed E-state index contributed by atoms with van der Waals surface area (Å²) in [6.07, 6.45) is 2.52. The molecule has 1 amide bonds. The maximum atomic E-state index is 12.8. The van der Waals surface area contributed by atoms with Crippen molar-refractivity contribution < 1.29 is 9.53 Å². The average Bonchev–Trinajstić information content (AvgIpc) is 3.21. The van der Waals surface area contributed by atoms with Gasteiger partial charge in [-0.3, -0.25) is 4.79 Å². The van der Waals surface area contributed by atoms with Crippen LogP contribution in [0.1, 0.15) is 33.0 Å². The molecule has 0 radical (unpaired) electrons. The summed E-state index contributed by atoms with van der Waals surface area (Å²) in [5.74, 6) is 1.02. The van der Waals surface area contributed by atoms with Crippen LogP contribution in [-0.2, 0) is 6.54 Å². The van der Waals surface area contributed by atoms with E-state index in [2.05, 4.69) is 23.1 Å². The van der Waals surface area contributed by atoms with E-state index in [0.717, 1.165) is 29.3 Å². The van der Waals surface area contributed by atoms with Crippen LogP contribution < -0.4 is 9.64 Å². The van der Waals surface area contributed by atoms with E-state index in [1.165, 1.54) is 23.4 Å². The standard InChI is InChI=1S/C19H22N2O2S/c1-14-4-7-18(24-14)19(22)21-10-11-23-17-6-5-16(12-15(17)13-21)20-8-2-3-9-20/h4-7,12H,2-3,8-11,13H2,1H3.